The Kier molecular flexibility index (Phi) is 4.18. The Morgan fingerprint density at radius 2 is 2.13 bits per heavy atom. The highest BCUT2D eigenvalue weighted by molar-refractivity contribution is 5.96. The number of amides is 2. The predicted molar refractivity (Wildman–Crippen MR) is 84.3 cm³/mol. The number of fused-ring (bicyclic) bond motifs is 1. The third-order valence-corrected chi connectivity index (χ3v) is 3.51. The van der Waals surface area contributed by atoms with Crippen LogP contribution in [0.4, 0.5) is 11.6 Å². The number of hydrogen-bond acceptors (Lipinski definition) is 5. The first-order valence-electron chi connectivity index (χ1n) is 7.22. The van der Waals surface area contributed by atoms with Gasteiger partial charge in [0.1, 0.15) is 5.75 Å². The fourth-order valence-corrected chi connectivity index (χ4v) is 2.33. The fourth-order valence-electron chi connectivity index (χ4n) is 2.33. The van der Waals surface area contributed by atoms with Crippen LogP contribution < -0.4 is 15.0 Å². The molecule has 0 fully saturated rings. The zero-order chi connectivity index (χ0) is 16.2. The minimum atomic E-state index is -0.223. The maximum atomic E-state index is 12.1. The van der Waals surface area contributed by atoms with E-state index in [4.69, 9.17) is 4.74 Å². The highest BCUT2D eigenvalue weighted by Gasteiger charge is 2.20. The van der Waals surface area contributed by atoms with E-state index in [1.54, 1.807) is 42.5 Å². The molecular formula is C16H16N4O3. The Bertz CT molecular complexity index is 733. The van der Waals surface area contributed by atoms with Gasteiger partial charge in [-0.3, -0.25) is 14.9 Å². The Balaban J connectivity index is 1.75. The molecule has 0 aliphatic carbocycles. The molecule has 0 bridgehead atoms. The minimum Gasteiger partial charge on any atom is -0.491 e. The van der Waals surface area contributed by atoms with Crippen molar-refractivity contribution in [3.05, 3.63) is 42.2 Å². The first-order valence-corrected chi connectivity index (χ1v) is 7.22. The van der Waals surface area contributed by atoms with Crippen LogP contribution in [0, 0.1) is 0 Å². The molecule has 0 saturated carbocycles. The number of carbonyl (C=O) groups excluding carboxylic acids is 2. The fraction of sp³-hybridized carbons (Fsp3) is 0.250. The molecule has 1 aliphatic rings. The molecule has 0 spiro atoms. The summed E-state index contributed by atoms with van der Waals surface area (Å²) >= 11 is 0. The van der Waals surface area contributed by atoms with Crippen LogP contribution in [0.5, 0.6) is 5.75 Å². The van der Waals surface area contributed by atoms with Crippen molar-refractivity contribution in [1.29, 1.82) is 0 Å². The number of anilines is 2. The van der Waals surface area contributed by atoms with E-state index in [-0.39, 0.29) is 24.2 Å². The van der Waals surface area contributed by atoms with Crippen molar-refractivity contribution in [2.24, 2.45) is 0 Å². The third-order valence-electron chi connectivity index (χ3n) is 3.51. The quantitative estimate of drug-likeness (QED) is 0.926. The third kappa shape index (κ3) is 3.45. The van der Waals surface area contributed by atoms with Crippen LogP contribution in [-0.4, -0.2) is 35.4 Å². The molecule has 1 aromatic heterocycles. The Morgan fingerprint density at radius 3 is 2.91 bits per heavy atom. The van der Waals surface area contributed by atoms with E-state index in [0.29, 0.717) is 24.5 Å². The van der Waals surface area contributed by atoms with E-state index in [9.17, 15) is 9.59 Å². The van der Waals surface area contributed by atoms with Gasteiger partial charge in [-0.15, -0.1) is 0 Å². The van der Waals surface area contributed by atoms with Crippen molar-refractivity contribution in [3.8, 4) is 5.75 Å². The largest absolute Gasteiger partial charge is 0.491 e. The number of carbonyl (C=O) groups is 2. The zero-order valence-corrected chi connectivity index (χ0v) is 12.7. The lowest BCUT2D eigenvalue weighted by Gasteiger charge is -2.17. The normalized spacial score (nSPS) is 13.8. The standard InChI is InChI=1S/C16H16N4O3/c1-20-12-9-11(3-4-13(12)23-8-5-15(20)22)10-14(21)19-16-17-6-2-7-18-16/h2-4,6-7,9H,5,8,10H2,1H3,(H,17,18,19,21). The predicted octanol–water partition coefficient (Wildman–Crippen LogP) is 1.40. The number of nitrogens with one attached hydrogen (secondary N) is 1. The summed E-state index contributed by atoms with van der Waals surface area (Å²) in [6.45, 7) is 0.362. The second-order valence-electron chi connectivity index (χ2n) is 5.15. The topological polar surface area (TPSA) is 84.4 Å². The number of hydrogen-bond donors (Lipinski definition) is 1. The smallest absolute Gasteiger partial charge is 0.231 e. The van der Waals surface area contributed by atoms with Crippen molar-refractivity contribution in [2.45, 2.75) is 12.8 Å². The van der Waals surface area contributed by atoms with Gasteiger partial charge in [-0.05, 0) is 23.8 Å². The maximum Gasteiger partial charge on any atom is 0.231 e. The van der Waals surface area contributed by atoms with Gasteiger partial charge >= 0.3 is 0 Å². The molecule has 0 unspecified atom stereocenters. The van der Waals surface area contributed by atoms with Gasteiger partial charge in [0, 0.05) is 19.4 Å². The molecular weight excluding hydrogens is 296 g/mol. The van der Waals surface area contributed by atoms with Gasteiger partial charge in [0.25, 0.3) is 0 Å². The summed E-state index contributed by atoms with van der Waals surface area (Å²) in [6.07, 6.45) is 3.62. The van der Waals surface area contributed by atoms with Gasteiger partial charge in [-0.25, -0.2) is 9.97 Å². The Hall–Kier alpha value is -2.96. The first-order chi connectivity index (χ1) is 11.1. The van der Waals surface area contributed by atoms with Crippen molar-refractivity contribution < 1.29 is 14.3 Å². The summed E-state index contributed by atoms with van der Waals surface area (Å²) in [5.41, 5.74) is 1.45. The van der Waals surface area contributed by atoms with Crippen LogP contribution in [0.25, 0.3) is 0 Å². The maximum absolute atomic E-state index is 12.1. The number of benzene rings is 1. The molecule has 0 radical (unpaired) electrons. The lowest BCUT2D eigenvalue weighted by atomic mass is 10.1. The lowest BCUT2D eigenvalue weighted by Crippen LogP contribution is -2.25. The van der Waals surface area contributed by atoms with Crippen molar-refractivity contribution >= 4 is 23.5 Å². The van der Waals surface area contributed by atoms with Crippen molar-refractivity contribution in [1.82, 2.24) is 9.97 Å². The highest BCUT2D eigenvalue weighted by Crippen LogP contribution is 2.31. The second-order valence-corrected chi connectivity index (χ2v) is 5.15. The van der Waals surface area contributed by atoms with Gasteiger partial charge in [-0.1, -0.05) is 6.07 Å². The SMILES string of the molecule is CN1C(=O)CCOc2ccc(CC(=O)Nc3ncccn3)cc21. The summed E-state index contributed by atoms with van der Waals surface area (Å²) in [7, 11) is 1.71. The van der Waals surface area contributed by atoms with E-state index in [1.165, 1.54) is 0 Å². The van der Waals surface area contributed by atoms with Crippen LogP contribution in [0.15, 0.2) is 36.7 Å². The van der Waals surface area contributed by atoms with Gasteiger partial charge in [0.15, 0.2) is 0 Å². The molecule has 2 heterocycles. The number of rotatable bonds is 3. The molecule has 118 valence electrons. The molecule has 1 N–H and O–H groups in total. The summed E-state index contributed by atoms with van der Waals surface area (Å²) in [5, 5.41) is 2.63. The van der Waals surface area contributed by atoms with Crippen molar-refractivity contribution in [2.75, 3.05) is 23.9 Å². The average Bonchev–Trinajstić information content (AvgIpc) is 2.68. The van der Waals surface area contributed by atoms with Gasteiger partial charge < -0.3 is 9.64 Å². The lowest BCUT2D eigenvalue weighted by molar-refractivity contribution is -0.118. The van der Waals surface area contributed by atoms with E-state index < -0.39 is 0 Å². The molecule has 7 heteroatoms. The van der Waals surface area contributed by atoms with Crippen LogP contribution >= 0.6 is 0 Å². The summed E-state index contributed by atoms with van der Waals surface area (Å²) in [4.78, 5) is 33.4. The molecule has 0 atom stereocenters. The van der Waals surface area contributed by atoms with E-state index in [2.05, 4.69) is 15.3 Å². The van der Waals surface area contributed by atoms with E-state index in [1.807, 2.05) is 6.07 Å². The zero-order valence-electron chi connectivity index (χ0n) is 12.7. The summed E-state index contributed by atoms with van der Waals surface area (Å²) in [5.74, 6) is 0.680. The monoisotopic (exact) mass is 312 g/mol. The molecule has 1 aromatic carbocycles. The van der Waals surface area contributed by atoms with Crippen LogP contribution in [0.1, 0.15) is 12.0 Å². The van der Waals surface area contributed by atoms with Gasteiger partial charge in [0.05, 0.1) is 25.1 Å². The summed E-state index contributed by atoms with van der Waals surface area (Å²) < 4.78 is 5.56. The number of nitrogens with zero attached hydrogens (tertiary/aromatic N) is 3. The molecule has 3 rings (SSSR count). The molecule has 1 aliphatic heterocycles. The van der Waals surface area contributed by atoms with E-state index >= 15 is 0 Å². The summed E-state index contributed by atoms with van der Waals surface area (Å²) in [6, 6.07) is 7.07. The molecule has 0 saturated heterocycles. The first kappa shape index (κ1) is 15.0. The molecule has 7 nitrogen and oxygen atoms in total. The van der Waals surface area contributed by atoms with Crippen LogP contribution in [0.3, 0.4) is 0 Å². The van der Waals surface area contributed by atoms with E-state index in [0.717, 1.165) is 5.56 Å². The Labute approximate surface area is 133 Å². The average molecular weight is 312 g/mol. The minimum absolute atomic E-state index is 0.0111. The van der Waals surface area contributed by atoms with Gasteiger partial charge in [-0.2, -0.15) is 0 Å². The number of aromatic nitrogens is 2. The van der Waals surface area contributed by atoms with Gasteiger partial charge in [0.2, 0.25) is 17.8 Å². The van der Waals surface area contributed by atoms with Crippen LogP contribution in [0.2, 0.25) is 0 Å². The molecule has 2 amide bonds. The second kappa shape index (κ2) is 6.43. The molecule has 23 heavy (non-hydrogen) atoms. The van der Waals surface area contributed by atoms with Crippen molar-refractivity contribution in [3.63, 3.8) is 0 Å². The Morgan fingerprint density at radius 1 is 1.35 bits per heavy atom. The highest BCUT2D eigenvalue weighted by atomic mass is 16.5. The number of ether oxygens (including phenoxy) is 1. The molecule has 2 aromatic rings. The van der Waals surface area contributed by atoms with Crippen LogP contribution in [-0.2, 0) is 16.0 Å².